The van der Waals surface area contributed by atoms with Gasteiger partial charge in [0.2, 0.25) is 5.91 Å². The number of aryl methyl sites for hydroxylation is 1. The minimum Gasteiger partial charge on any atom is -0.468 e. The maximum absolute atomic E-state index is 14.4. The Kier molecular flexibility index (Phi) is 7.80. The number of carbonyl (C=O) groups is 3. The molecule has 5 rings (SSSR count). The SMILES string of the molecule is CCn1nccc1C(=O)N[C@H](c1cn2nc(CC3(C(=O)OC)CC(F)(F)CNC3=O)ccc2n1)C1CCC(C)CC1. The molecule has 13 heteroatoms. The van der Waals surface area contributed by atoms with Crippen molar-refractivity contribution < 1.29 is 27.9 Å². The summed E-state index contributed by atoms with van der Waals surface area (Å²) in [7, 11) is 1.07. The lowest BCUT2D eigenvalue weighted by atomic mass is 9.74. The van der Waals surface area contributed by atoms with Crippen molar-refractivity contribution >= 4 is 23.4 Å². The summed E-state index contributed by atoms with van der Waals surface area (Å²) >= 11 is 0. The third kappa shape index (κ3) is 5.66. The third-order valence-corrected chi connectivity index (χ3v) is 8.34. The highest BCUT2D eigenvalue weighted by molar-refractivity contribution is 6.03. The summed E-state index contributed by atoms with van der Waals surface area (Å²) in [6, 6.07) is 4.51. The van der Waals surface area contributed by atoms with E-state index in [-0.39, 0.29) is 30.0 Å². The van der Waals surface area contributed by atoms with Crippen LogP contribution in [0, 0.1) is 17.3 Å². The van der Waals surface area contributed by atoms with Crippen molar-refractivity contribution in [3.8, 4) is 0 Å². The number of nitrogens with zero attached hydrogens (tertiary/aromatic N) is 5. The number of alkyl halides is 2. The van der Waals surface area contributed by atoms with Crippen molar-refractivity contribution in [3.05, 3.63) is 47.7 Å². The molecule has 11 nitrogen and oxygen atoms in total. The van der Waals surface area contributed by atoms with Gasteiger partial charge in [-0.3, -0.25) is 19.1 Å². The van der Waals surface area contributed by atoms with E-state index in [0.29, 0.717) is 29.5 Å². The van der Waals surface area contributed by atoms with Crippen LogP contribution in [0.5, 0.6) is 0 Å². The third-order valence-electron chi connectivity index (χ3n) is 8.34. The number of imidazole rings is 1. The summed E-state index contributed by atoms with van der Waals surface area (Å²) in [5.41, 5.74) is -0.302. The summed E-state index contributed by atoms with van der Waals surface area (Å²) in [4.78, 5) is 43.5. The van der Waals surface area contributed by atoms with Crippen LogP contribution in [0.25, 0.3) is 5.65 Å². The van der Waals surface area contributed by atoms with Crippen LogP contribution in [-0.4, -0.2) is 61.7 Å². The molecule has 41 heavy (non-hydrogen) atoms. The highest BCUT2D eigenvalue weighted by Crippen LogP contribution is 2.40. The first-order valence-electron chi connectivity index (χ1n) is 14.0. The van der Waals surface area contributed by atoms with E-state index in [0.717, 1.165) is 32.8 Å². The van der Waals surface area contributed by atoms with E-state index in [1.807, 2.05) is 6.92 Å². The molecule has 0 aromatic carbocycles. The lowest BCUT2D eigenvalue weighted by Gasteiger charge is -2.37. The Morgan fingerprint density at radius 1 is 1.22 bits per heavy atom. The fourth-order valence-corrected chi connectivity index (χ4v) is 6.08. The van der Waals surface area contributed by atoms with Gasteiger partial charge < -0.3 is 15.4 Å². The van der Waals surface area contributed by atoms with Crippen LogP contribution in [0.1, 0.15) is 73.9 Å². The van der Waals surface area contributed by atoms with Gasteiger partial charge >= 0.3 is 5.97 Å². The molecule has 3 aromatic rings. The van der Waals surface area contributed by atoms with Gasteiger partial charge in [0.25, 0.3) is 11.8 Å². The van der Waals surface area contributed by atoms with Crippen LogP contribution < -0.4 is 10.6 Å². The quantitative estimate of drug-likeness (QED) is 0.314. The van der Waals surface area contributed by atoms with Gasteiger partial charge in [-0.2, -0.15) is 10.2 Å². The summed E-state index contributed by atoms with van der Waals surface area (Å²) in [5.74, 6) is -4.60. The molecule has 4 heterocycles. The molecular formula is C28H35F2N7O4. The van der Waals surface area contributed by atoms with Crippen LogP contribution in [0.3, 0.4) is 0 Å². The van der Waals surface area contributed by atoms with Gasteiger partial charge in [-0.15, -0.1) is 0 Å². The number of piperidine rings is 1. The fraction of sp³-hybridized carbons (Fsp3) is 0.571. The van der Waals surface area contributed by atoms with E-state index in [2.05, 4.69) is 27.8 Å². The van der Waals surface area contributed by atoms with Crippen molar-refractivity contribution in [3.63, 3.8) is 0 Å². The number of amides is 2. The molecule has 2 aliphatic rings. The number of aromatic nitrogens is 5. The van der Waals surface area contributed by atoms with E-state index in [1.54, 1.807) is 35.3 Å². The molecule has 1 aliphatic carbocycles. The Bertz CT molecular complexity index is 1440. The van der Waals surface area contributed by atoms with E-state index in [9.17, 15) is 23.2 Å². The first-order valence-corrected chi connectivity index (χ1v) is 14.0. The van der Waals surface area contributed by atoms with Gasteiger partial charge in [-0.25, -0.2) is 18.3 Å². The predicted molar refractivity (Wildman–Crippen MR) is 143 cm³/mol. The van der Waals surface area contributed by atoms with Gasteiger partial charge in [0, 0.05) is 25.6 Å². The zero-order chi connectivity index (χ0) is 29.4. The van der Waals surface area contributed by atoms with E-state index >= 15 is 0 Å². The molecule has 0 spiro atoms. The molecule has 2 N–H and O–H groups in total. The van der Waals surface area contributed by atoms with Crippen molar-refractivity contribution in [1.29, 1.82) is 0 Å². The van der Waals surface area contributed by atoms with Crippen LogP contribution in [0.2, 0.25) is 0 Å². The topological polar surface area (TPSA) is 133 Å². The minimum atomic E-state index is -3.27. The normalized spacial score (nSPS) is 25.0. The van der Waals surface area contributed by atoms with E-state index in [4.69, 9.17) is 9.72 Å². The number of esters is 1. The maximum Gasteiger partial charge on any atom is 0.322 e. The number of rotatable bonds is 8. The highest BCUT2D eigenvalue weighted by Gasteiger charge is 2.57. The summed E-state index contributed by atoms with van der Waals surface area (Å²) in [5, 5.41) is 14.1. The molecule has 1 saturated carbocycles. The maximum atomic E-state index is 14.4. The molecule has 2 atom stereocenters. The number of nitrogens with one attached hydrogen (secondary N) is 2. The van der Waals surface area contributed by atoms with Gasteiger partial charge in [-0.05, 0) is 49.8 Å². The number of hydrogen-bond acceptors (Lipinski definition) is 7. The van der Waals surface area contributed by atoms with E-state index in [1.165, 1.54) is 4.52 Å². The van der Waals surface area contributed by atoms with Crippen LogP contribution >= 0.6 is 0 Å². The molecule has 2 amide bonds. The molecule has 3 aromatic heterocycles. The molecule has 2 fully saturated rings. The Labute approximate surface area is 236 Å². The number of methoxy groups -OCH3 is 1. The molecule has 1 unspecified atom stereocenters. The average molecular weight is 572 g/mol. The first-order chi connectivity index (χ1) is 19.5. The highest BCUT2D eigenvalue weighted by atomic mass is 19.3. The minimum absolute atomic E-state index is 0.160. The molecule has 0 radical (unpaired) electrons. The first kappa shape index (κ1) is 28.6. The van der Waals surface area contributed by atoms with Crippen molar-refractivity contribution in [1.82, 2.24) is 35.0 Å². The molecule has 1 saturated heterocycles. The Morgan fingerprint density at radius 2 is 1.98 bits per heavy atom. The number of hydrogen-bond donors (Lipinski definition) is 2. The van der Waals surface area contributed by atoms with Crippen LogP contribution in [0.15, 0.2) is 30.6 Å². The van der Waals surface area contributed by atoms with Crippen molar-refractivity contribution in [2.24, 2.45) is 17.3 Å². The fourth-order valence-electron chi connectivity index (χ4n) is 6.08. The largest absolute Gasteiger partial charge is 0.468 e. The van der Waals surface area contributed by atoms with Crippen LogP contribution in [-0.2, 0) is 27.3 Å². The molecule has 220 valence electrons. The zero-order valence-electron chi connectivity index (χ0n) is 23.4. The average Bonchev–Trinajstić information content (AvgIpc) is 3.60. The number of ether oxygens (including phenoxy) is 1. The summed E-state index contributed by atoms with van der Waals surface area (Å²) in [6.07, 6.45) is 5.90. The number of halogens is 2. The van der Waals surface area contributed by atoms with Gasteiger partial charge in [0.05, 0.1) is 37.3 Å². The number of carbonyl (C=O) groups excluding carboxylic acids is 3. The lowest BCUT2D eigenvalue weighted by Crippen LogP contribution is -2.59. The monoisotopic (exact) mass is 571 g/mol. The summed E-state index contributed by atoms with van der Waals surface area (Å²) in [6.45, 7) is 3.86. The molecule has 1 aliphatic heterocycles. The Balaban J connectivity index is 1.46. The summed E-state index contributed by atoms with van der Waals surface area (Å²) < 4.78 is 36.7. The van der Waals surface area contributed by atoms with Crippen molar-refractivity contribution in [2.75, 3.05) is 13.7 Å². The Hall–Kier alpha value is -3.90. The second kappa shape index (κ2) is 11.2. The van der Waals surface area contributed by atoms with E-state index < -0.39 is 36.2 Å². The standard InChI is InChI=1S/C28H35F2N7O4/c1-4-36-21(11-12-32-36)24(38)34-23(18-7-5-17(2)6-8-18)20-14-37-22(33-20)10-9-19(35-37)13-27(26(40)41-3)15-28(29,30)16-31-25(27)39/h9-12,14,17-18,23H,4-8,13,15-16H2,1-3H3,(H,31,39)(H,34,38)/t17?,18?,23-,27?/m0/s1. The number of fused-ring (bicyclic) bond motifs is 1. The molecular weight excluding hydrogens is 536 g/mol. The lowest BCUT2D eigenvalue weighted by molar-refractivity contribution is -0.172. The Morgan fingerprint density at radius 3 is 2.68 bits per heavy atom. The second-order valence-corrected chi connectivity index (χ2v) is 11.3. The second-order valence-electron chi connectivity index (χ2n) is 11.3. The predicted octanol–water partition coefficient (Wildman–Crippen LogP) is 3.10. The zero-order valence-corrected chi connectivity index (χ0v) is 23.4. The van der Waals surface area contributed by atoms with Gasteiger partial charge in [0.15, 0.2) is 11.1 Å². The van der Waals surface area contributed by atoms with Crippen molar-refractivity contribution in [2.45, 2.75) is 70.9 Å². The molecule has 0 bridgehead atoms. The van der Waals surface area contributed by atoms with Crippen LogP contribution in [0.4, 0.5) is 8.78 Å². The van der Waals surface area contributed by atoms with Gasteiger partial charge in [0.1, 0.15) is 5.69 Å². The smallest absolute Gasteiger partial charge is 0.322 e. The van der Waals surface area contributed by atoms with Gasteiger partial charge in [-0.1, -0.05) is 19.8 Å².